The molecule has 1 unspecified atom stereocenters. The highest BCUT2D eigenvalue weighted by Gasteiger charge is 2.14. The predicted molar refractivity (Wildman–Crippen MR) is 75.6 cm³/mol. The van der Waals surface area contributed by atoms with Gasteiger partial charge < -0.3 is 5.32 Å². The fraction of sp³-hybridized carbons (Fsp3) is 0.312. The molecule has 0 amide bonds. The van der Waals surface area contributed by atoms with E-state index in [-0.39, 0.29) is 6.04 Å². The van der Waals surface area contributed by atoms with E-state index < -0.39 is 0 Å². The second-order valence-corrected chi connectivity index (χ2v) is 4.53. The van der Waals surface area contributed by atoms with Gasteiger partial charge in [-0.2, -0.15) is 0 Å². The Balaban J connectivity index is 2.34. The average molecular weight is 240 g/mol. The molecule has 2 aromatic rings. The SMILES string of the molecule is CCCNC(c1ccccc1)c1cnccc1C. The second kappa shape index (κ2) is 6.31. The summed E-state index contributed by atoms with van der Waals surface area (Å²) in [6, 6.07) is 12.9. The maximum Gasteiger partial charge on any atom is 0.0594 e. The van der Waals surface area contributed by atoms with Crippen molar-refractivity contribution in [2.24, 2.45) is 0 Å². The summed E-state index contributed by atoms with van der Waals surface area (Å²) in [6.45, 7) is 5.33. The minimum Gasteiger partial charge on any atom is -0.306 e. The molecule has 0 aliphatic heterocycles. The number of hydrogen-bond acceptors (Lipinski definition) is 2. The van der Waals surface area contributed by atoms with Gasteiger partial charge in [-0.25, -0.2) is 0 Å². The second-order valence-electron chi connectivity index (χ2n) is 4.53. The van der Waals surface area contributed by atoms with Crippen LogP contribution in [0.1, 0.15) is 36.1 Å². The van der Waals surface area contributed by atoms with Crippen LogP contribution in [0, 0.1) is 6.92 Å². The first kappa shape index (κ1) is 12.8. The smallest absolute Gasteiger partial charge is 0.0594 e. The van der Waals surface area contributed by atoms with Crippen molar-refractivity contribution in [1.29, 1.82) is 0 Å². The van der Waals surface area contributed by atoms with Gasteiger partial charge in [-0.3, -0.25) is 4.98 Å². The summed E-state index contributed by atoms with van der Waals surface area (Å²) < 4.78 is 0. The lowest BCUT2D eigenvalue weighted by molar-refractivity contribution is 0.594. The molecule has 1 aromatic carbocycles. The third-order valence-corrected chi connectivity index (χ3v) is 3.12. The van der Waals surface area contributed by atoms with Crippen LogP contribution in [-0.4, -0.2) is 11.5 Å². The number of aryl methyl sites for hydroxylation is 1. The van der Waals surface area contributed by atoms with Crippen LogP contribution in [-0.2, 0) is 0 Å². The maximum absolute atomic E-state index is 4.26. The van der Waals surface area contributed by atoms with Crippen molar-refractivity contribution in [2.45, 2.75) is 26.3 Å². The largest absolute Gasteiger partial charge is 0.306 e. The molecule has 2 nitrogen and oxygen atoms in total. The van der Waals surface area contributed by atoms with Gasteiger partial charge in [0.15, 0.2) is 0 Å². The normalized spacial score (nSPS) is 12.3. The van der Waals surface area contributed by atoms with E-state index in [1.807, 2.05) is 12.4 Å². The van der Waals surface area contributed by atoms with E-state index in [9.17, 15) is 0 Å². The van der Waals surface area contributed by atoms with E-state index >= 15 is 0 Å². The summed E-state index contributed by atoms with van der Waals surface area (Å²) in [5.74, 6) is 0. The van der Waals surface area contributed by atoms with Crippen LogP contribution in [0.25, 0.3) is 0 Å². The molecular formula is C16H20N2. The zero-order valence-corrected chi connectivity index (χ0v) is 11.1. The molecule has 0 fully saturated rings. The van der Waals surface area contributed by atoms with Gasteiger partial charge in [-0.15, -0.1) is 0 Å². The van der Waals surface area contributed by atoms with Gasteiger partial charge in [0.1, 0.15) is 0 Å². The van der Waals surface area contributed by atoms with Gasteiger partial charge in [-0.1, -0.05) is 37.3 Å². The molecule has 1 atom stereocenters. The summed E-state index contributed by atoms with van der Waals surface area (Å²) in [5, 5.41) is 3.60. The molecule has 1 aromatic heterocycles. The first-order valence-corrected chi connectivity index (χ1v) is 6.51. The maximum atomic E-state index is 4.26. The van der Waals surface area contributed by atoms with Gasteiger partial charge in [0.25, 0.3) is 0 Å². The lowest BCUT2D eigenvalue weighted by Crippen LogP contribution is -2.24. The third kappa shape index (κ3) is 2.96. The van der Waals surface area contributed by atoms with Crippen LogP contribution in [0.3, 0.4) is 0 Å². The Hall–Kier alpha value is -1.67. The Kier molecular flexibility index (Phi) is 4.48. The van der Waals surface area contributed by atoms with Crippen molar-refractivity contribution >= 4 is 0 Å². The molecule has 0 radical (unpaired) electrons. The first-order chi connectivity index (χ1) is 8.83. The molecule has 94 valence electrons. The highest BCUT2D eigenvalue weighted by Crippen LogP contribution is 2.23. The fourth-order valence-corrected chi connectivity index (χ4v) is 2.12. The van der Waals surface area contributed by atoms with Gasteiger partial charge in [-0.05, 0) is 42.6 Å². The van der Waals surface area contributed by atoms with E-state index in [1.54, 1.807) is 0 Å². The number of aromatic nitrogens is 1. The molecule has 1 N–H and O–H groups in total. The van der Waals surface area contributed by atoms with Crippen LogP contribution in [0.5, 0.6) is 0 Å². The molecule has 1 heterocycles. The zero-order chi connectivity index (χ0) is 12.8. The Labute approximate surface area is 109 Å². The van der Waals surface area contributed by atoms with Crippen LogP contribution in [0.4, 0.5) is 0 Å². The van der Waals surface area contributed by atoms with E-state index in [0.29, 0.717) is 0 Å². The van der Waals surface area contributed by atoms with Crippen molar-refractivity contribution in [2.75, 3.05) is 6.54 Å². The predicted octanol–water partition coefficient (Wildman–Crippen LogP) is 3.48. The molecule has 0 saturated heterocycles. The van der Waals surface area contributed by atoms with E-state index in [4.69, 9.17) is 0 Å². The fourth-order valence-electron chi connectivity index (χ4n) is 2.12. The summed E-state index contributed by atoms with van der Waals surface area (Å²) >= 11 is 0. The van der Waals surface area contributed by atoms with Gasteiger partial charge in [0.05, 0.1) is 6.04 Å². The minimum absolute atomic E-state index is 0.236. The van der Waals surface area contributed by atoms with Crippen molar-refractivity contribution in [3.8, 4) is 0 Å². The van der Waals surface area contributed by atoms with Gasteiger partial charge in [0.2, 0.25) is 0 Å². The Morgan fingerprint density at radius 3 is 2.61 bits per heavy atom. The van der Waals surface area contributed by atoms with E-state index in [0.717, 1.165) is 13.0 Å². The van der Waals surface area contributed by atoms with Crippen LogP contribution >= 0.6 is 0 Å². The molecule has 0 aliphatic carbocycles. The highest BCUT2D eigenvalue weighted by molar-refractivity contribution is 5.34. The van der Waals surface area contributed by atoms with Crippen molar-refractivity contribution in [3.05, 3.63) is 65.5 Å². The van der Waals surface area contributed by atoms with Crippen LogP contribution in [0.2, 0.25) is 0 Å². The number of hydrogen-bond donors (Lipinski definition) is 1. The van der Waals surface area contributed by atoms with E-state index in [2.05, 4.69) is 60.5 Å². The monoisotopic (exact) mass is 240 g/mol. The van der Waals surface area contributed by atoms with Gasteiger partial charge >= 0.3 is 0 Å². The number of benzene rings is 1. The topological polar surface area (TPSA) is 24.9 Å². The molecule has 2 rings (SSSR count). The molecular weight excluding hydrogens is 220 g/mol. The average Bonchev–Trinajstić information content (AvgIpc) is 2.42. The molecule has 0 saturated carbocycles. The van der Waals surface area contributed by atoms with Gasteiger partial charge in [0, 0.05) is 12.4 Å². The first-order valence-electron chi connectivity index (χ1n) is 6.51. The van der Waals surface area contributed by atoms with Crippen LogP contribution < -0.4 is 5.32 Å². The Morgan fingerprint density at radius 1 is 1.17 bits per heavy atom. The zero-order valence-electron chi connectivity index (χ0n) is 11.1. The standard InChI is InChI=1S/C16H20N2/c1-3-10-18-16(14-7-5-4-6-8-14)15-12-17-11-9-13(15)2/h4-9,11-12,16,18H,3,10H2,1-2H3. The number of pyridine rings is 1. The third-order valence-electron chi connectivity index (χ3n) is 3.12. The summed E-state index contributed by atoms with van der Waals surface area (Å²) in [5.41, 5.74) is 3.83. The minimum atomic E-state index is 0.236. The molecule has 0 bridgehead atoms. The van der Waals surface area contributed by atoms with Crippen molar-refractivity contribution < 1.29 is 0 Å². The summed E-state index contributed by atoms with van der Waals surface area (Å²) in [6.07, 6.45) is 4.94. The number of rotatable bonds is 5. The molecule has 0 aliphatic rings. The molecule has 0 spiro atoms. The number of nitrogens with zero attached hydrogens (tertiary/aromatic N) is 1. The summed E-state index contributed by atoms with van der Waals surface area (Å²) in [4.78, 5) is 4.26. The van der Waals surface area contributed by atoms with Crippen LogP contribution in [0.15, 0.2) is 48.8 Å². The molecule has 18 heavy (non-hydrogen) atoms. The molecule has 2 heteroatoms. The summed E-state index contributed by atoms with van der Waals surface area (Å²) in [7, 11) is 0. The Morgan fingerprint density at radius 2 is 1.94 bits per heavy atom. The lowest BCUT2D eigenvalue weighted by Gasteiger charge is -2.21. The number of nitrogens with one attached hydrogen (secondary N) is 1. The van der Waals surface area contributed by atoms with Crippen molar-refractivity contribution in [3.63, 3.8) is 0 Å². The van der Waals surface area contributed by atoms with Crippen molar-refractivity contribution in [1.82, 2.24) is 10.3 Å². The lowest BCUT2D eigenvalue weighted by atomic mass is 9.97. The quantitative estimate of drug-likeness (QED) is 0.865. The van der Waals surface area contributed by atoms with E-state index in [1.165, 1.54) is 16.7 Å². The Bertz CT molecular complexity index is 479. The highest BCUT2D eigenvalue weighted by atomic mass is 14.9.